The summed E-state index contributed by atoms with van der Waals surface area (Å²) in [5.41, 5.74) is 0.712. The quantitative estimate of drug-likeness (QED) is 0.831. The lowest BCUT2D eigenvalue weighted by molar-refractivity contribution is -0.127. The van der Waals surface area contributed by atoms with Crippen LogP contribution in [0.25, 0.3) is 0 Å². The van der Waals surface area contributed by atoms with Gasteiger partial charge in [0.2, 0.25) is 5.91 Å². The molecule has 1 rings (SSSR count). The van der Waals surface area contributed by atoms with E-state index in [2.05, 4.69) is 5.32 Å². The van der Waals surface area contributed by atoms with Crippen molar-refractivity contribution < 1.29 is 14.6 Å². The van der Waals surface area contributed by atoms with E-state index in [1.54, 1.807) is 31.2 Å². The molecule has 18 heavy (non-hydrogen) atoms. The largest absolute Gasteiger partial charge is 0.386 e. The van der Waals surface area contributed by atoms with Crippen molar-refractivity contribution in [2.75, 3.05) is 13.2 Å². The molecule has 1 aromatic carbocycles. The van der Waals surface area contributed by atoms with Gasteiger partial charge in [0, 0.05) is 11.6 Å². The Morgan fingerprint density at radius 2 is 2.06 bits per heavy atom. The fourth-order valence-electron chi connectivity index (χ4n) is 1.52. The van der Waals surface area contributed by atoms with Crippen molar-refractivity contribution >= 4 is 17.5 Å². The number of aliphatic hydroxyl groups is 1. The Morgan fingerprint density at radius 1 is 1.44 bits per heavy atom. The topological polar surface area (TPSA) is 58.6 Å². The average molecular weight is 272 g/mol. The van der Waals surface area contributed by atoms with Crippen LogP contribution in [0.5, 0.6) is 0 Å². The molecule has 1 aromatic rings. The van der Waals surface area contributed by atoms with Crippen molar-refractivity contribution in [3.8, 4) is 0 Å². The Hall–Kier alpha value is -1.10. The fraction of sp³-hybridized carbons (Fsp3) is 0.462. The molecule has 2 atom stereocenters. The van der Waals surface area contributed by atoms with Gasteiger partial charge in [0.25, 0.3) is 0 Å². The number of ether oxygens (including phenoxy) is 1. The zero-order valence-corrected chi connectivity index (χ0v) is 11.3. The first-order valence-electron chi connectivity index (χ1n) is 5.85. The molecule has 2 N–H and O–H groups in total. The van der Waals surface area contributed by atoms with Gasteiger partial charge in [-0.2, -0.15) is 0 Å². The Kier molecular flexibility index (Phi) is 6.12. The van der Waals surface area contributed by atoms with Gasteiger partial charge in [-0.15, -0.1) is 0 Å². The number of halogens is 1. The van der Waals surface area contributed by atoms with E-state index in [-0.39, 0.29) is 18.6 Å². The summed E-state index contributed by atoms with van der Waals surface area (Å²) in [6.07, 6.45) is -0.771. The van der Waals surface area contributed by atoms with Gasteiger partial charge < -0.3 is 15.2 Å². The Morgan fingerprint density at radius 3 is 2.61 bits per heavy atom. The van der Waals surface area contributed by atoms with E-state index in [1.165, 1.54) is 0 Å². The molecule has 0 aliphatic carbocycles. The number of carbonyl (C=O) groups excluding carboxylic acids is 1. The molecule has 0 aliphatic heterocycles. The lowest BCUT2D eigenvalue weighted by Gasteiger charge is -2.20. The molecule has 0 aromatic heterocycles. The second-order valence-corrected chi connectivity index (χ2v) is 4.43. The zero-order valence-electron chi connectivity index (χ0n) is 10.5. The molecule has 5 heteroatoms. The van der Waals surface area contributed by atoms with Gasteiger partial charge >= 0.3 is 0 Å². The summed E-state index contributed by atoms with van der Waals surface area (Å²) < 4.78 is 4.99. The molecule has 0 spiro atoms. The maximum atomic E-state index is 11.4. The lowest BCUT2D eigenvalue weighted by Crippen LogP contribution is -2.39. The first-order chi connectivity index (χ1) is 8.54. The smallest absolute Gasteiger partial charge is 0.246 e. The van der Waals surface area contributed by atoms with Crippen molar-refractivity contribution in [3.63, 3.8) is 0 Å². The van der Waals surface area contributed by atoms with E-state index in [9.17, 15) is 9.90 Å². The number of carbonyl (C=O) groups is 1. The second kappa shape index (κ2) is 7.36. The third kappa shape index (κ3) is 4.64. The molecule has 0 bridgehead atoms. The van der Waals surface area contributed by atoms with Gasteiger partial charge in [0.15, 0.2) is 0 Å². The molecule has 1 amide bonds. The molecule has 4 nitrogen and oxygen atoms in total. The van der Waals surface area contributed by atoms with Crippen LogP contribution in [-0.2, 0) is 9.53 Å². The maximum Gasteiger partial charge on any atom is 0.246 e. The average Bonchev–Trinajstić information content (AvgIpc) is 2.36. The predicted octanol–water partition coefficient (Wildman–Crippen LogP) is 1.91. The number of amides is 1. The van der Waals surface area contributed by atoms with Crippen LogP contribution in [0.4, 0.5) is 0 Å². The van der Waals surface area contributed by atoms with Crippen LogP contribution in [0.2, 0.25) is 5.02 Å². The first kappa shape index (κ1) is 15.0. The molecular formula is C13H18ClNO3. The van der Waals surface area contributed by atoms with E-state index in [4.69, 9.17) is 16.3 Å². The van der Waals surface area contributed by atoms with Gasteiger partial charge in [-0.1, -0.05) is 23.7 Å². The molecule has 100 valence electrons. The summed E-state index contributed by atoms with van der Waals surface area (Å²) in [6, 6.07) is 6.49. The monoisotopic (exact) mass is 271 g/mol. The second-order valence-electron chi connectivity index (χ2n) is 3.99. The third-order valence-corrected chi connectivity index (χ3v) is 2.76. The molecule has 2 unspecified atom stereocenters. The zero-order chi connectivity index (χ0) is 13.5. The Bertz CT molecular complexity index is 380. The normalized spacial score (nSPS) is 14.0. The van der Waals surface area contributed by atoms with Gasteiger partial charge in [0.1, 0.15) is 6.61 Å². The minimum atomic E-state index is -0.771. The van der Waals surface area contributed by atoms with Crippen LogP contribution in [0.3, 0.4) is 0 Å². The molecular weight excluding hydrogens is 254 g/mol. The van der Waals surface area contributed by atoms with E-state index in [0.717, 1.165) is 0 Å². The van der Waals surface area contributed by atoms with Gasteiger partial charge in [-0.3, -0.25) is 4.79 Å². The summed E-state index contributed by atoms with van der Waals surface area (Å²) >= 11 is 5.77. The van der Waals surface area contributed by atoms with Crippen molar-refractivity contribution in [3.05, 3.63) is 34.9 Å². The standard InChI is InChI=1S/C13H18ClNO3/c1-3-18-8-12(16)15-9(2)13(17)10-4-6-11(14)7-5-10/h4-7,9,13,17H,3,8H2,1-2H3,(H,15,16). The van der Waals surface area contributed by atoms with Crippen LogP contribution in [0.1, 0.15) is 25.5 Å². The maximum absolute atomic E-state index is 11.4. The van der Waals surface area contributed by atoms with E-state index >= 15 is 0 Å². The highest BCUT2D eigenvalue weighted by molar-refractivity contribution is 6.30. The van der Waals surface area contributed by atoms with Crippen molar-refractivity contribution in [2.45, 2.75) is 26.0 Å². The summed E-state index contributed by atoms with van der Waals surface area (Å²) in [5, 5.41) is 13.3. The lowest BCUT2D eigenvalue weighted by atomic mass is 10.0. The summed E-state index contributed by atoms with van der Waals surface area (Å²) in [5.74, 6) is -0.239. The van der Waals surface area contributed by atoms with Crippen LogP contribution in [-0.4, -0.2) is 30.3 Å². The van der Waals surface area contributed by atoms with Gasteiger partial charge in [-0.25, -0.2) is 0 Å². The highest BCUT2D eigenvalue weighted by Gasteiger charge is 2.18. The van der Waals surface area contributed by atoms with Crippen molar-refractivity contribution in [1.82, 2.24) is 5.32 Å². The third-order valence-electron chi connectivity index (χ3n) is 2.51. The number of hydrogen-bond acceptors (Lipinski definition) is 3. The fourth-order valence-corrected chi connectivity index (χ4v) is 1.64. The number of nitrogens with one attached hydrogen (secondary N) is 1. The first-order valence-corrected chi connectivity index (χ1v) is 6.23. The minimum absolute atomic E-state index is 0.00811. The highest BCUT2D eigenvalue weighted by atomic mass is 35.5. The molecule has 0 radical (unpaired) electrons. The van der Waals surface area contributed by atoms with Crippen molar-refractivity contribution in [1.29, 1.82) is 0 Å². The molecule has 0 saturated heterocycles. The number of benzene rings is 1. The van der Waals surface area contributed by atoms with Crippen LogP contribution < -0.4 is 5.32 Å². The van der Waals surface area contributed by atoms with Gasteiger partial charge in [-0.05, 0) is 31.5 Å². The number of hydrogen-bond donors (Lipinski definition) is 2. The number of aliphatic hydroxyl groups excluding tert-OH is 1. The van der Waals surface area contributed by atoms with Crippen molar-refractivity contribution in [2.24, 2.45) is 0 Å². The molecule has 0 fully saturated rings. The van der Waals surface area contributed by atoms with Crippen LogP contribution >= 0.6 is 11.6 Å². The Balaban J connectivity index is 2.53. The van der Waals surface area contributed by atoms with E-state index < -0.39 is 6.10 Å². The van der Waals surface area contributed by atoms with Crippen LogP contribution in [0.15, 0.2) is 24.3 Å². The van der Waals surface area contributed by atoms with E-state index in [1.807, 2.05) is 6.92 Å². The molecule has 0 heterocycles. The number of rotatable bonds is 6. The highest BCUT2D eigenvalue weighted by Crippen LogP contribution is 2.19. The summed E-state index contributed by atoms with van der Waals surface area (Å²) in [7, 11) is 0. The van der Waals surface area contributed by atoms with Crippen LogP contribution in [0, 0.1) is 0 Å². The predicted molar refractivity (Wildman–Crippen MR) is 70.5 cm³/mol. The summed E-state index contributed by atoms with van der Waals surface area (Å²) in [6.45, 7) is 4.05. The summed E-state index contributed by atoms with van der Waals surface area (Å²) in [4.78, 5) is 11.4. The van der Waals surface area contributed by atoms with Gasteiger partial charge in [0.05, 0.1) is 12.1 Å². The molecule has 0 saturated carbocycles. The Labute approximate surface area is 112 Å². The van der Waals surface area contributed by atoms with E-state index in [0.29, 0.717) is 17.2 Å². The molecule has 0 aliphatic rings. The SMILES string of the molecule is CCOCC(=O)NC(C)C(O)c1ccc(Cl)cc1. The minimum Gasteiger partial charge on any atom is -0.386 e.